The normalized spacial score (nSPS) is 27.1. The summed E-state index contributed by atoms with van der Waals surface area (Å²) < 4.78 is 0. The zero-order valence-electron chi connectivity index (χ0n) is 11.2. The van der Waals surface area contributed by atoms with E-state index < -0.39 is 0 Å². The molecule has 1 unspecified atom stereocenters. The van der Waals surface area contributed by atoms with Gasteiger partial charge in [-0.2, -0.15) is 11.8 Å². The van der Waals surface area contributed by atoms with E-state index in [0.717, 1.165) is 19.4 Å². The molecule has 1 aliphatic heterocycles. The molecule has 0 radical (unpaired) electrons. The summed E-state index contributed by atoms with van der Waals surface area (Å²) in [4.78, 5) is 12.1. The maximum Gasteiger partial charge on any atom is 0.220 e. The van der Waals surface area contributed by atoms with Crippen molar-refractivity contribution in [3.05, 3.63) is 0 Å². The maximum atomic E-state index is 12.1. The molecule has 1 saturated carbocycles. The second kappa shape index (κ2) is 6.80. The minimum absolute atomic E-state index is 0.104. The van der Waals surface area contributed by atoms with Gasteiger partial charge in [0.05, 0.1) is 0 Å². The fourth-order valence-electron chi connectivity index (χ4n) is 3.16. The molecule has 3 nitrogen and oxygen atoms in total. The number of nitrogens with two attached hydrogens (primary N) is 1. The summed E-state index contributed by atoms with van der Waals surface area (Å²) in [5.74, 6) is 3.38. The molecule has 1 atom stereocenters. The SMILES string of the molecule is NCC1(CC(=O)NCC2CCSC2)CCCCC1. The van der Waals surface area contributed by atoms with Crippen LogP contribution in [0, 0.1) is 11.3 Å². The maximum absolute atomic E-state index is 12.1. The summed E-state index contributed by atoms with van der Waals surface area (Å²) in [5, 5.41) is 3.12. The molecule has 4 heteroatoms. The highest BCUT2D eigenvalue weighted by atomic mass is 32.2. The number of thioether (sulfide) groups is 1. The molecule has 3 N–H and O–H groups in total. The molecular weight excluding hydrogens is 244 g/mol. The molecule has 2 fully saturated rings. The molecule has 2 rings (SSSR count). The van der Waals surface area contributed by atoms with Crippen LogP contribution in [0.25, 0.3) is 0 Å². The van der Waals surface area contributed by atoms with Gasteiger partial charge in [-0.25, -0.2) is 0 Å². The van der Waals surface area contributed by atoms with E-state index in [9.17, 15) is 4.79 Å². The summed E-state index contributed by atoms with van der Waals surface area (Å²) in [6.45, 7) is 1.53. The smallest absolute Gasteiger partial charge is 0.220 e. The van der Waals surface area contributed by atoms with Gasteiger partial charge in [-0.05, 0) is 48.6 Å². The topological polar surface area (TPSA) is 55.1 Å². The van der Waals surface area contributed by atoms with Gasteiger partial charge in [-0.15, -0.1) is 0 Å². The van der Waals surface area contributed by atoms with Gasteiger partial charge in [0.15, 0.2) is 0 Å². The van der Waals surface area contributed by atoms with E-state index in [4.69, 9.17) is 5.73 Å². The average Bonchev–Trinajstić information content (AvgIpc) is 2.91. The molecule has 1 saturated heterocycles. The van der Waals surface area contributed by atoms with Crippen molar-refractivity contribution >= 4 is 17.7 Å². The van der Waals surface area contributed by atoms with E-state index in [1.165, 1.54) is 37.2 Å². The van der Waals surface area contributed by atoms with Crippen molar-refractivity contribution in [3.63, 3.8) is 0 Å². The number of carbonyl (C=O) groups is 1. The summed E-state index contributed by atoms with van der Waals surface area (Å²) >= 11 is 2.00. The second-order valence-electron chi connectivity index (χ2n) is 5.98. The van der Waals surface area contributed by atoms with Crippen LogP contribution >= 0.6 is 11.8 Å². The number of nitrogens with one attached hydrogen (secondary N) is 1. The Kier molecular flexibility index (Phi) is 5.37. The van der Waals surface area contributed by atoms with Crippen molar-refractivity contribution in [2.45, 2.75) is 44.9 Å². The molecule has 18 heavy (non-hydrogen) atoms. The Labute approximate surface area is 115 Å². The predicted molar refractivity (Wildman–Crippen MR) is 77.6 cm³/mol. The summed E-state index contributed by atoms with van der Waals surface area (Å²) in [6, 6.07) is 0. The van der Waals surface area contributed by atoms with Gasteiger partial charge >= 0.3 is 0 Å². The Morgan fingerprint density at radius 3 is 2.72 bits per heavy atom. The minimum Gasteiger partial charge on any atom is -0.356 e. The van der Waals surface area contributed by atoms with Crippen LogP contribution in [0.4, 0.5) is 0 Å². The summed E-state index contributed by atoms with van der Waals surface area (Å²) in [6.07, 6.45) is 7.96. The summed E-state index contributed by atoms with van der Waals surface area (Å²) in [5.41, 5.74) is 6.03. The first-order valence-corrected chi connectivity index (χ1v) is 8.44. The van der Waals surface area contributed by atoms with Gasteiger partial charge in [0.2, 0.25) is 5.91 Å². The third kappa shape index (κ3) is 3.89. The molecule has 1 heterocycles. The van der Waals surface area contributed by atoms with E-state index in [2.05, 4.69) is 5.32 Å². The van der Waals surface area contributed by atoms with Gasteiger partial charge in [-0.3, -0.25) is 4.79 Å². The first-order chi connectivity index (χ1) is 8.74. The molecule has 0 aromatic carbocycles. The highest BCUT2D eigenvalue weighted by Gasteiger charge is 2.33. The van der Waals surface area contributed by atoms with Gasteiger partial charge < -0.3 is 11.1 Å². The number of rotatable bonds is 5. The molecule has 0 bridgehead atoms. The predicted octanol–water partition coefficient (Wildman–Crippen LogP) is 2.15. The first-order valence-electron chi connectivity index (χ1n) is 7.29. The average molecular weight is 270 g/mol. The van der Waals surface area contributed by atoms with E-state index in [1.807, 2.05) is 11.8 Å². The zero-order chi connectivity index (χ0) is 12.8. The fraction of sp³-hybridized carbons (Fsp3) is 0.929. The van der Waals surface area contributed by atoms with Crippen molar-refractivity contribution in [1.82, 2.24) is 5.32 Å². The lowest BCUT2D eigenvalue weighted by molar-refractivity contribution is -0.124. The molecule has 0 aromatic rings. The second-order valence-corrected chi connectivity index (χ2v) is 7.13. The Balaban J connectivity index is 1.74. The zero-order valence-corrected chi connectivity index (χ0v) is 12.1. The van der Waals surface area contributed by atoms with Crippen LogP contribution in [0.1, 0.15) is 44.9 Å². The van der Waals surface area contributed by atoms with Crippen LogP contribution in [0.15, 0.2) is 0 Å². The lowest BCUT2D eigenvalue weighted by Gasteiger charge is -2.35. The van der Waals surface area contributed by atoms with Crippen LogP contribution < -0.4 is 11.1 Å². The molecule has 104 valence electrons. The monoisotopic (exact) mass is 270 g/mol. The minimum atomic E-state index is 0.104. The number of carbonyl (C=O) groups excluding carboxylic acids is 1. The standard InChI is InChI=1S/C14H26N2OS/c15-11-14(5-2-1-3-6-14)8-13(17)16-9-12-4-7-18-10-12/h12H,1-11,15H2,(H,16,17). The van der Waals surface area contributed by atoms with Gasteiger partial charge in [0, 0.05) is 13.0 Å². The third-order valence-electron chi connectivity index (χ3n) is 4.49. The van der Waals surface area contributed by atoms with E-state index in [0.29, 0.717) is 18.9 Å². The fourth-order valence-corrected chi connectivity index (χ4v) is 4.44. The van der Waals surface area contributed by atoms with Crippen molar-refractivity contribution in [2.75, 3.05) is 24.6 Å². The Morgan fingerprint density at radius 2 is 2.11 bits per heavy atom. The Bertz CT molecular complexity index is 271. The van der Waals surface area contributed by atoms with Gasteiger partial charge in [0.25, 0.3) is 0 Å². The number of amides is 1. The lowest BCUT2D eigenvalue weighted by Crippen LogP contribution is -2.39. The van der Waals surface area contributed by atoms with E-state index in [-0.39, 0.29) is 11.3 Å². The molecule has 2 aliphatic rings. The van der Waals surface area contributed by atoms with Crippen molar-refractivity contribution < 1.29 is 4.79 Å². The molecular formula is C14H26N2OS. The summed E-state index contributed by atoms with van der Waals surface area (Å²) in [7, 11) is 0. The van der Waals surface area contributed by atoms with Crippen molar-refractivity contribution in [1.29, 1.82) is 0 Å². The highest BCUT2D eigenvalue weighted by molar-refractivity contribution is 7.99. The number of hydrogen-bond acceptors (Lipinski definition) is 3. The molecule has 0 spiro atoms. The van der Waals surface area contributed by atoms with Crippen molar-refractivity contribution in [2.24, 2.45) is 17.1 Å². The Hall–Kier alpha value is -0.220. The van der Waals surface area contributed by atoms with Crippen LogP contribution in [0.5, 0.6) is 0 Å². The first kappa shape index (κ1) is 14.2. The van der Waals surface area contributed by atoms with Crippen LogP contribution in [-0.4, -0.2) is 30.5 Å². The quantitative estimate of drug-likeness (QED) is 0.805. The largest absolute Gasteiger partial charge is 0.356 e. The van der Waals surface area contributed by atoms with Crippen LogP contribution in [0.3, 0.4) is 0 Å². The molecule has 1 amide bonds. The van der Waals surface area contributed by atoms with Gasteiger partial charge in [-0.1, -0.05) is 19.3 Å². The Morgan fingerprint density at radius 1 is 1.33 bits per heavy atom. The van der Waals surface area contributed by atoms with Crippen molar-refractivity contribution in [3.8, 4) is 0 Å². The van der Waals surface area contributed by atoms with E-state index >= 15 is 0 Å². The van der Waals surface area contributed by atoms with Crippen LogP contribution in [0.2, 0.25) is 0 Å². The van der Waals surface area contributed by atoms with Crippen LogP contribution in [-0.2, 0) is 4.79 Å². The third-order valence-corrected chi connectivity index (χ3v) is 5.73. The number of hydrogen-bond donors (Lipinski definition) is 2. The lowest BCUT2D eigenvalue weighted by atomic mass is 9.71. The molecule has 1 aliphatic carbocycles. The highest BCUT2D eigenvalue weighted by Crippen LogP contribution is 2.38. The van der Waals surface area contributed by atoms with Gasteiger partial charge in [0.1, 0.15) is 0 Å². The van der Waals surface area contributed by atoms with E-state index in [1.54, 1.807) is 0 Å². The molecule has 0 aromatic heterocycles.